The number of hydrogen-bond acceptors (Lipinski definition) is 8. The second-order valence-electron chi connectivity index (χ2n) is 7.73. The maximum Gasteiger partial charge on any atom is 0.296 e. The normalized spacial score (nSPS) is 15.9. The molecule has 3 heterocycles. The number of Topliss-reactive ketones (excluding diaryl/α,β-unsaturated/α-hetero) is 1. The molecule has 0 unspecified atom stereocenters. The number of ether oxygens (including phenoxy) is 2. The predicted octanol–water partition coefficient (Wildman–Crippen LogP) is 5.00. The van der Waals surface area contributed by atoms with Crippen molar-refractivity contribution in [2.45, 2.75) is 13.0 Å². The Bertz CT molecular complexity index is 1450. The number of hydrogen-bond donors (Lipinski definition) is 1. The standard InChI is InChI=1S/C25H20N2O6S/c1-13-6-8-15-19(11-13)34-25(26-15)27-21(14-7-9-16(31-2)18(12-14)32-3)20(23(29)24(27)30)22(28)17-5-4-10-33-17/h4-12,21,29H,1-3H3/t21-/m1/s1. The molecule has 0 aliphatic carbocycles. The van der Waals surface area contributed by atoms with E-state index in [0.717, 1.165) is 15.8 Å². The number of carbonyl (C=O) groups excluding carboxylic acids is 2. The molecule has 172 valence electrons. The molecule has 0 fully saturated rings. The third-order valence-corrected chi connectivity index (χ3v) is 6.68. The lowest BCUT2D eigenvalue weighted by Gasteiger charge is -2.25. The molecule has 1 aliphatic rings. The fourth-order valence-electron chi connectivity index (χ4n) is 4.04. The lowest BCUT2D eigenvalue weighted by molar-refractivity contribution is -0.117. The highest BCUT2D eigenvalue weighted by atomic mass is 32.1. The van der Waals surface area contributed by atoms with E-state index in [1.54, 1.807) is 24.3 Å². The Labute approximate surface area is 198 Å². The summed E-state index contributed by atoms with van der Waals surface area (Å²) in [5, 5.41) is 11.2. The highest BCUT2D eigenvalue weighted by Crippen LogP contribution is 2.45. The first-order valence-electron chi connectivity index (χ1n) is 10.4. The zero-order chi connectivity index (χ0) is 24.0. The van der Waals surface area contributed by atoms with Crippen LogP contribution in [0, 0.1) is 6.92 Å². The fraction of sp³-hybridized carbons (Fsp3) is 0.160. The summed E-state index contributed by atoms with van der Waals surface area (Å²) in [6.45, 7) is 1.97. The summed E-state index contributed by atoms with van der Waals surface area (Å²) in [5.74, 6) is -1.02. The smallest absolute Gasteiger partial charge is 0.296 e. The Kier molecular flexibility index (Phi) is 5.33. The number of methoxy groups -OCH3 is 2. The van der Waals surface area contributed by atoms with Crippen LogP contribution in [0.3, 0.4) is 0 Å². The summed E-state index contributed by atoms with van der Waals surface area (Å²) in [4.78, 5) is 32.7. The van der Waals surface area contributed by atoms with E-state index in [4.69, 9.17) is 13.9 Å². The SMILES string of the molecule is COc1ccc([C@@H]2C(C(=O)c3ccco3)=C(O)C(=O)N2c2nc3ccc(C)cc3s2)cc1OC. The Morgan fingerprint density at radius 1 is 1.12 bits per heavy atom. The highest BCUT2D eigenvalue weighted by molar-refractivity contribution is 7.22. The van der Waals surface area contributed by atoms with Gasteiger partial charge in [0.25, 0.3) is 5.91 Å². The summed E-state index contributed by atoms with van der Waals surface area (Å²) in [6, 6.07) is 13.0. The first-order chi connectivity index (χ1) is 16.4. The van der Waals surface area contributed by atoms with E-state index < -0.39 is 23.5 Å². The van der Waals surface area contributed by atoms with Crippen LogP contribution in [0.5, 0.6) is 11.5 Å². The van der Waals surface area contributed by atoms with Gasteiger partial charge in [0.1, 0.15) is 0 Å². The second kappa shape index (κ2) is 8.35. The number of fused-ring (bicyclic) bond motifs is 1. The highest BCUT2D eigenvalue weighted by Gasteiger charge is 2.46. The number of carbonyl (C=O) groups is 2. The van der Waals surface area contributed by atoms with E-state index in [9.17, 15) is 14.7 Å². The third kappa shape index (κ3) is 3.41. The molecule has 1 aliphatic heterocycles. The molecule has 4 aromatic rings. The van der Waals surface area contributed by atoms with Crippen molar-refractivity contribution in [3.63, 3.8) is 0 Å². The van der Waals surface area contributed by atoms with Crippen LogP contribution in [0.1, 0.15) is 27.7 Å². The summed E-state index contributed by atoms with van der Waals surface area (Å²) in [5.41, 5.74) is 2.22. The molecule has 9 heteroatoms. The molecule has 8 nitrogen and oxygen atoms in total. The number of aryl methyl sites for hydroxylation is 1. The van der Waals surface area contributed by atoms with Crippen LogP contribution >= 0.6 is 11.3 Å². The topological polar surface area (TPSA) is 102 Å². The van der Waals surface area contributed by atoms with E-state index >= 15 is 0 Å². The Hall–Kier alpha value is -4.11. The summed E-state index contributed by atoms with van der Waals surface area (Å²) in [6.07, 6.45) is 1.36. The number of ketones is 1. The molecule has 1 N–H and O–H groups in total. The zero-order valence-corrected chi connectivity index (χ0v) is 19.4. The van der Waals surface area contributed by atoms with Gasteiger partial charge in [0.15, 0.2) is 28.1 Å². The van der Waals surface area contributed by atoms with Gasteiger partial charge in [-0.05, 0) is 54.4 Å². The Balaban J connectivity index is 1.70. The third-order valence-electron chi connectivity index (χ3n) is 5.66. The Morgan fingerprint density at radius 2 is 1.91 bits per heavy atom. The maximum atomic E-state index is 13.4. The van der Waals surface area contributed by atoms with Gasteiger partial charge in [0.2, 0.25) is 5.78 Å². The average Bonchev–Trinajstić information content (AvgIpc) is 3.57. The van der Waals surface area contributed by atoms with E-state index in [-0.39, 0.29) is 11.3 Å². The number of aliphatic hydroxyl groups is 1. The molecule has 0 radical (unpaired) electrons. The largest absolute Gasteiger partial charge is 0.503 e. The van der Waals surface area contributed by atoms with Gasteiger partial charge >= 0.3 is 0 Å². The number of aliphatic hydroxyl groups excluding tert-OH is 1. The fourth-order valence-corrected chi connectivity index (χ4v) is 5.13. The minimum Gasteiger partial charge on any atom is -0.503 e. The minimum absolute atomic E-state index is 0.0154. The molecule has 1 amide bonds. The summed E-state index contributed by atoms with van der Waals surface area (Å²) < 4.78 is 16.9. The van der Waals surface area contributed by atoms with Crippen molar-refractivity contribution in [3.8, 4) is 11.5 Å². The van der Waals surface area contributed by atoms with E-state index in [1.807, 2.05) is 25.1 Å². The number of nitrogens with zero attached hydrogens (tertiary/aromatic N) is 2. The quantitative estimate of drug-likeness (QED) is 0.391. The number of aromatic nitrogens is 1. The summed E-state index contributed by atoms with van der Waals surface area (Å²) >= 11 is 1.31. The van der Waals surface area contributed by atoms with E-state index in [1.165, 1.54) is 42.8 Å². The molecular formula is C25H20N2O6S. The molecule has 2 aromatic carbocycles. The first kappa shape index (κ1) is 21.7. The zero-order valence-electron chi connectivity index (χ0n) is 18.6. The van der Waals surface area contributed by atoms with Crippen LogP contribution < -0.4 is 14.4 Å². The molecule has 0 saturated carbocycles. The van der Waals surface area contributed by atoms with Crippen molar-refractivity contribution in [3.05, 3.63) is 83.0 Å². The Morgan fingerprint density at radius 3 is 2.62 bits per heavy atom. The maximum absolute atomic E-state index is 13.4. The number of anilines is 1. The van der Waals surface area contributed by atoms with Crippen molar-refractivity contribution < 1.29 is 28.6 Å². The molecule has 2 aromatic heterocycles. The van der Waals surface area contributed by atoms with Crippen molar-refractivity contribution in [1.29, 1.82) is 0 Å². The molecule has 1 atom stereocenters. The van der Waals surface area contributed by atoms with Crippen LogP contribution in [0.4, 0.5) is 5.13 Å². The second-order valence-corrected chi connectivity index (χ2v) is 8.74. The lowest BCUT2D eigenvalue weighted by atomic mass is 9.95. The number of amides is 1. The molecule has 0 bridgehead atoms. The number of benzene rings is 2. The summed E-state index contributed by atoms with van der Waals surface area (Å²) in [7, 11) is 3.01. The van der Waals surface area contributed by atoms with Crippen LogP contribution in [0.25, 0.3) is 10.2 Å². The van der Waals surface area contributed by atoms with Gasteiger partial charge in [-0.3, -0.25) is 14.5 Å². The number of rotatable bonds is 6. The van der Waals surface area contributed by atoms with Crippen molar-refractivity contribution >= 4 is 38.4 Å². The molecular weight excluding hydrogens is 456 g/mol. The van der Waals surface area contributed by atoms with E-state index in [0.29, 0.717) is 22.2 Å². The van der Waals surface area contributed by atoms with Gasteiger partial charge in [-0.15, -0.1) is 0 Å². The lowest BCUT2D eigenvalue weighted by Crippen LogP contribution is -2.31. The minimum atomic E-state index is -0.952. The molecule has 0 spiro atoms. The van der Waals surface area contributed by atoms with Crippen molar-refractivity contribution in [1.82, 2.24) is 4.98 Å². The van der Waals surface area contributed by atoms with Gasteiger partial charge in [-0.25, -0.2) is 4.98 Å². The average molecular weight is 477 g/mol. The molecule has 34 heavy (non-hydrogen) atoms. The predicted molar refractivity (Wildman–Crippen MR) is 127 cm³/mol. The molecule has 5 rings (SSSR count). The van der Waals surface area contributed by atoms with Crippen LogP contribution in [-0.4, -0.2) is 36.0 Å². The van der Waals surface area contributed by atoms with Crippen LogP contribution in [-0.2, 0) is 4.79 Å². The van der Waals surface area contributed by atoms with Gasteiger partial charge in [0, 0.05) is 0 Å². The van der Waals surface area contributed by atoms with Gasteiger partial charge < -0.3 is 19.0 Å². The first-order valence-corrected chi connectivity index (χ1v) is 11.2. The van der Waals surface area contributed by atoms with Gasteiger partial charge in [0.05, 0.1) is 42.3 Å². The van der Waals surface area contributed by atoms with Crippen molar-refractivity contribution in [2.24, 2.45) is 0 Å². The van der Waals surface area contributed by atoms with Crippen LogP contribution in [0.2, 0.25) is 0 Å². The van der Waals surface area contributed by atoms with E-state index in [2.05, 4.69) is 4.98 Å². The number of thiazole rings is 1. The van der Waals surface area contributed by atoms with Gasteiger partial charge in [-0.1, -0.05) is 23.5 Å². The van der Waals surface area contributed by atoms with Gasteiger partial charge in [-0.2, -0.15) is 0 Å². The van der Waals surface area contributed by atoms with Crippen LogP contribution in [0.15, 0.2) is 70.5 Å². The number of furan rings is 1. The van der Waals surface area contributed by atoms with Crippen molar-refractivity contribution in [2.75, 3.05) is 19.1 Å². The molecule has 0 saturated heterocycles. The monoisotopic (exact) mass is 476 g/mol.